The Labute approximate surface area is 131 Å². The largest absolute Gasteiger partial charge is 0.336 e. The van der Waals surface area contributed by atoms with Crippen LogP contribution >= 0.6 is 34.8 Å². The fourth-order valence-corrected chi connectivity index (χ4v) is 2.89. The predicted molar refractivity (Wildman–Crippen MR) is 81.2 cm³/mol. The first-order chi connectivity index (χ1) is 9.58. The van der Waals surface area contributed by atoms with Crippen LogP contribution in [0.1, 0.15) is 0 Å². The van der Waals surface area contributed by atoms with Gasteiger partial charge in [-0.2, -0.15) is 8.73 Å². The van der Waals surface area contributed by atoms with Crippen molar-refractivity contribution in [3.05, 3.63) is 37.8 Å². The minimum Gasteiger partial charge on any atom is -0.336 e. The van der Waals surface area contributed by atoms with Gasteiger partial charge in [-0.25, -0.2) is 4.98 Å². The van der Waals surface area contributed by atoms with Gasteiger partial charge in [0.25, 0.3) is 5.56 Å². The van der Waals surface area contributed by atoms with Gasteiger partial charge in [0.2, 0.25) is 0 Å². The van der Waals surface area contributed by atoms with Gasteiger partial charge in [-0.1, -0.05) is 34.8 Å². The molecule has 0 radical (unpaired) electrons. The van der Waals surface area contributed by atoms with Crippen molar-refractivity contribution in [2.24, 2.45) is 8.73 Å². The van der Waals surface area contributed by atoms with Crippen LogP contribution in [0.5, 0.6) is 0 Å². The van der Waals surface area contributed by atoms with Gasteiger partial charge in [0.15, 0.2) is 5.82 Å². The number of aromatic nitrogens is 2. The summed E-state index contributed by atoms with van der Waals surface area (Å²) in [6.07, 6.45) is 1.23. The molecule has 2 N–H and O–H groups in total. The highest BCUT2D eigenvalue weighted by molar-refractivity contribution is 7.58. The molecule has 1 aromatic carbocycles. The summed E-state index contributed by atoms with van der Waals surface area (Å²) in [5.74, 6) is 0.175. The Morgan fingerprint density at radius 2 is 1.90 bits per heavy atom. The van der Waals surface area contributed by atoms with Crippen molar-refractivity contribution in [3.63, 3.8) is 0 Å². The van der Waals surface area contributed by atoms with Gasteiger partial charge in [0.05, 0.1) is 33.4 Å². The van der Waals surface area contributed by atoms with Gasteiger partial charge < -0.3 is 10.3 Å². The normalized spacial score (nSPS) is 12.2. The molecule has 2 aromatic rings. The van der Waals surface area contributed by atoms with Crippen LogP contribution in [0.25, 0.3) is 0 Å². The fourth-order valence-electron chi connectivity index (χ4n) is 1.58. The summed E-state index contributed by atoms with van der Waals surface area (Å²) in [7, 11) is 0. The number of hydrogen-bond donors (Lipinski definition) is 2. The van der Waals surface area contributed by atoms with Crippen molar-refractivity contribution in [2.45, 2.75) is 0 Å². The van der Waals surface area contributed by atoms with Crippen LogP contribution in [0.4, 0.5) is 22.9 Å². The Hall–Kier alpha value is -1.41. The molecule has 0 aliphatic carbocycles. The Morgan fingerprint density at radius 1 is 1.15 bits per heavy atom. The van der Waals surface area contributed by atoms with E-state index in [0.717, 1.165) is 11.4 Å². The molecule has 0 saturated heterocycles. The van der Waals surface area contributed by atoms with Crippen LogP contribution in [0.3, 0.4) is 0 Å². The maximum atomic E-state index is 11.4. The number of H-pyrrole nitrogens is 1. The maximum Gasteiger partial charge on any atom is 0.271 e. The third-order valence-electron chi connectivity index (χ3n) is 2.48. The Kier molecular flexibility index (Phi) is 3.51. The zero-order chi connectivity index (χ0) is 14.3. The number of aromatic amines is 1. The average molecular weight is 349 g/mol. The minimum atomic E-state index is -0.457. The Bertz CT molecular complexity index is 844. The van der Waals surface area contributed by atoms with Crippen molar-refractivity contribution in [3.8, 4) is 0 Å². The highest BCUT2D eigenvalue weighted by Gasteiger charge is 2.20. The summed E-state index contributed by atoms with van der Waals surface area (Å²) < 4.78 is 8.21. The number of fused-ring (bicyclic) bond motifs is 1. The monoisotopic (exact) mass is 347 g/mol. The SMILES string of the molecule is O=c1[nH]cnc(Nc2c(Cl)cc(Cl)c3c2N=S=N3)c1Cl. The predicted octanol–water partition coefficient (Wildman–Crippen LogP) is 4.20. The second-order valence-electron chi connectivity index (χ2n) is 3.70. The second-order valence-corrected chi connectivity index (χ2v) is 5.42. The average Bonchev–Trinajstić information content (AvgIpc) is 2.89. The molecule has 0 amide bonds. The molecule has 1 aliphatic heterocycles. The third kappa shape index (κ3) is 2.22. The van der Waals surface area contributed by atoms with E-state index in [1.807, 2.05) is 0 Å². The highest BCUT2D eigenvalue weighted by Crippen LogP contribution is 2.48. The van der Waals surface area contributed by atoms with Crippen molar-refractivity contribution >= 4 is 69.0 Å². The van der Waals surface area contributed by atoms with Crippen LogP contribution in [0.2, 0.25) is 15.1 Å². The number of rotatable bonds is 2. The molecular weight excluding hydrogens is 345 g/mol. The summed E-state index contributed by atoms with van der Waals surface area (Å²) in [4.78, 5) is 17.8. The van der Waals surface area contributed by atoms with Gasteiger partial charge in [-0.15, -0.1) is 0 Å². The maximum absolute atomic E-state index is 11.4. The molecule has 0 spiro atoms. The quantitative estimate of drug-likeness (QED) is 0.728. The molecule has 102 valence electrons. The number of halogens is 3. The lowest BCUT2D eigenvalue weighted by Crippen LogP contribution is -2.09. The number of anilines is 2. The van der Waals surface area contributed by atoms with Crippen LogP contribution < -0.4 is 10.9 Å². The first-order valence-corrected chi connectivity index (χ1v) is 7.05. The highest BCUT2D eigenvalue weighted by atomic mass is 35.5. The van der Waals surface area contributed by atoms with Crippen molar-refractivity contribution in [1.82, 2.24) is 9.97 Å². The number of nitrogens with one attached hydrogen (secondary N) is 2. The number of hydrogen-bond acceptors (Lipinski definition) is 5. The molecule has 10 heteroatoms. The molecule has 1 aromatic heterocycles. The number of nitrogens with zero attached hydrogens (tertiary/aromatic N) is 3. The minimum absolute atomic E-state index is 0.0742. The van der Waals surface area contributed by atoms with E-state index in [1.54, 1.807) is 0 Å². The standard InChI is InChI=1S/C10H4Cl3N5OS/c11-3-1-4(12)7-8(18-20-17-7)6(3)16-9-5(13)10(19)15-2-14-9/h1-2H,(H2,14,15,16,19). The molecule has 2 heterocycles. The Morgan fingerprint density at radius 3 is 2.70 bits per heavy atom. The van der Waals surface area contributed by atoms with E-state index < -0.39 is 5.56 Å². The summed E-state index contributed by atoms with van der Waals surface area (Å²) in [5.41, 5.74) is 0.997. The summed E-state index contributed by atoms with van der Waals surface area (Å²) in [5, 5.41) is 3.54. The molecule has 3 rings (SSSR count). The molecule has 0 atom stereocenters. The van der Waals surface area contributed by atoms with Gasteiger partial charge in [0, 0.05) is 0 Å². The third-order valence-corrected chi connectivity index (χ3v) is 3.95. The molecule has 1 aliphatic rings. The zero-order valence-corrected chi connectivity index (χ0v) is 12.5. The topological polar surface area (TPSA) is 82.5 Å². The summed E-state index contributed by atoms with van der Waals surface area (Å²) in [6.45, 7) is 0. The molecular formula is C10H4Cl3N5OS. The van der Waals surface area contributed by atoms with Gasteiger partial charge >= 0.3 is 0 Å². The summed E-state index contributed by atoms with van der Waals surface area (Å²) >= 11 is 19.1. The van der Waals surface area contributed by atoms with E-state index in [0.29, 0.717) is 27.1 Å². The van der Waals surface area contributed by atoms with E-state index in [4.69, 9.17) is 34.8 Å². The summed E-state index contributed by atoms with van der Waals surface area (Å²) in [6, 6.07) is 1.54. The van der Waals surface area contributed by atoms with E-state index in [-0.39, 0.29) is 10.8 Å². The lowest BCUT2D eigenvalue weighted by molar-refractivity contribution is 1.12. The van der Waals surface area contributed by atoms with Crippen LogP contribution in [-0.2, 0) is 11.4 Å². The lowest BCUT2D eigenvalue weighted by Gasteiger charge is -2.11. The van der Waals surface area contributed by atoms with Gasteiger partial charge in [-0.05, 0) is 6.07 Å². The van der Waals surface area contributed by atoms with Gasteiger partial charge in [-0.3, -0.25) is 4.79 Å². The van der Waals surface area contributed by atoms with Crippen LogP contribution in [-0.4, -0.2) is 9.97 Å². The zero-order valence-electron chi connectivity index (χ0n) is 9.45. The van der Waals surface area contributed by atoms with Crippen LogP contribution in [0.15, 0.2) is 25.9 Å². The van der Waals surface area contributed by atoms with Crippen molar-refractivity contribution < 1.29 is 0 Å². The van der Waals surface area contributed by atoms with Crippen LogP contribution in [0, 0.1) is 0 Å². The second kappa shape index (κ2) is 5.17. The molecule has 0 saturated carbocycles. The smallest absolute Gasteiger partial charge is 0.271 e. The van der Waals surface area contributed by atoms with Gasteiger partial charge in [0.1, 0.15) is 16.4 Å². The molecule has 0 fully saturated rings. The first kappa shape index (κ1) is 13.6. The van der Waals surface area contributed by atoms with E-state index in [2.05, 4.69) is 24.0 Å². The molecule has 0 bridgehead atoms. The number of benzene rings is 1. The van der Waals surface area contributed by atoms with E-state index >= 15 is 0 Å². The first-order valence-electron chi connectivity index (χ1n) is 5.18. The molecule has 6 nitrogen and oxygen atoms in total. The van der Waals surface area contributed by atoms with Crippen molar-refractivity contribution in [2.75, 3.05) is 5.32 Å². The molecule has 0 unspecified atom stereocenters. The lowest BCUT2D eigenvalue weighted by atomic mass is 10.2. The Balaban J connectivity index is 2.13. The fraction of sp³-hybridized carbons (Fsp3) is 0. The van der Waals surface area contributed by atoms with E-state index in [9.17, 15) is 4.79 Å². The van der Waals surface area contributed by atoms with E-state index in [1.165, 1.54) is 12.4 Å². The molecule has 20 heavy (non-hydrogen) atoms. The van der Waals surface area contributed by atoms with Crippen molar-refractivity contribution in [1.29, 1.82) is 0 Å².